The van der Waals surface area contributed by atoms with Gasteiger partial charge in [-0.3, -0.25) is 9.59 Å². The van der Waals surface area contributed by atoms with Gasteiger partial charge in [-0.2, -0.15) is 0 Å². The van der Waals surface area contributed by atoms with Gasteiger partial charge in [0.1, 0.15) is 0 Å². The minimum Gasteiger partial charge on any atom is -0.347 e. The summed E-state index contributed by atoms with van der Waals surface area (Å²) in [5.74, 6) is -0.292. The van der Waals surface area contributed by atoms with E-state index in [1.807, 2.05) is 48.6 Å². The molecule has 0 unspecified atom stereocenters. The Balaban J connectivity index is 2.17. The molecule has 0 bridgehead atoms. The highest BCUT2D eigenvalue weighted by Gasteiger charge is 2.25. The Kier molecular flexibility index (Phi) is 8.73. The van der Waals surface area contributed by atoms with Crippen LogP contribution in [0.15, 0.2) is 86.0 Å². The topological polar surface area (TPSA) is 58.2 Å². The molecule has 2 amide bonds. The molecule has 2 N–H and O–H groups in total. The molecule has 28 heavy (non-hydrogen) atoms. The molecule has 2 aromatic rings. The number of allylic oxidation sites excluding steroid dienone is 2. The lowest BCUT2D eigenvalue weighted by molar-refractivity contribution is 0.0876. The molecule has 0 saturated carbocycles. The maximum absolute atomic E-state index is 12.7. The van der Waals surface area contributed by atoms with E-state index in [4.69, 9.17) is 0 Å². The van der Waals surface area contributed by atoms with E-state index < -0.39 is 0 Å². The summed E-state index contributed by atoms with van der Waals surface area (Å²) in [6.07, 6.45) is 6.52. The number of carbonyl (C=O) groups excluding carboxylic acids is 2. The van der Waals surface area contributed by atoms with Crippen molar-refractivity contribution in [1.29, 1.82) is 0 Å². The first kappa shape index (κ1) is 21.2. The van der Waals surface area contributed by atoms with Crippen molar-refractivity contribution in [3.63, 3.8) is 0 Å². The monoisotopic (exact) mass is 376 g/mol. The highest BCUT2D eigenvalue weighted by atomic mass is 16.2. The fraction of sp³-hybridized carbons (Fsp3) is 0.250. The van der Waals surface area contributed by atoms with Crippen LogP contribution in [-0.4, -0.2) is 23.9 Å². The summed E-state index contributed by atoms with van der Waals surface area (Å²) in [5, 5.41) is 6.20. The van der Waals surface area contributed by atoms with Gasteiger partial charge in [0.15, 0.2) is 0 Å². The summed E-state index contributed by atoms with van der Waals surface area (Å²) in [6.45, 7) is 7.57. The quantitative estimate of drug-likeness (QED) is 0.567. The number of nitrogens with one attached hydrogen (secondary N) is 2. The number of hydrogen-bond acceptors (Lipinski definition) is 2. The maximum atomic E-state index is 12.7. The number of carbonyl (C=O) groups is 2. The molecule has 2 atom stereocenters. The number of rotatable bonds is 11. The second kappa shape index (κ2) is 11.5. The molecule has 0 fully saturated rings. The van der Waals surface area contributed by atoms with Gasteiger partial charge in [0.25, 0.3) is 11.8 Å². The third-order valence-corrected chi connectivity index (χ3v) is 4.55. The number of amides is 2. The van der Waals surface area contributed by atoms with Gasteiger partial charge in [-0.05, 0) is 49.9 Å². The fourth-order valence-corrected chi connectivity index (χ4v) is 3.03. The molecule has 4 nitrogen and oxygen atoms in total. The van der Waals surface area contributed by atoms with E-state index in [0.29, 0.717) is 24.0 Å². The molecule has 0 aromatic heterocycles. The van der Waals surface area contributed by atoms with Crippen LogP contribution in [0.2, 0.25) is 0 Å². The van der Waals surface area contributed by atoms with Crippen molar-refractivity contribution >= 4 is 11.8 Å². The normalized spacial score (nSPS) is 12.4. The minimum atomic E-state index is -0.210. The lowest BCUT2D eigenvalue weighted by atomic mass is 9.97. The van der Waals surface area contributed by atoms with E-state index >= 15 is 0 Å². The van der Waals surface area contributed by atoms with E-state index in [9.17, 15) is 9.59 Å². The molecule has 4 heteroatoms. The highest BCUT2D eigenvalue weighted by molar-refractivity contribution is 5.95. The highest BCUT2D eigenvalue weighted by Crippen LogP contribution is 2.13. The van der Waals surface area contributed by atoms with Crippen molar-refractivity contribution in [2.45, 2.75) is 37.8 Å². The van der Waals surface area contributed by atoms with Crippen molar-refractivity contribution in [2.75, 3.05) is 0 Å². The second-order valence-electron chi connectivity index (χ2n) is 6.62. The first-order valence-electron chi connectivity index (χ1n) is 9.59. The van der Waals surface area contributed by atoms with Gasteiger partial charge in [-0.15, -0.1) is 13.2 Å². The van der Waals surface area contributed by atoms with Crippen LogP contribution in [0.1, 0.15) is 46.4 Å². The molecule has 0 aliphatic carbocycles. The fourth-order valence-electron chi connectivity index (χ4n) is 3.03. The van der Waals surface area contributed by atoms with Crippen molar-refractivity contribution < 1.29 is 9.59 Å². The maximum Gasteiger partial charge on any atom is 0.251 e. The summed E-state index contributed by atoms with van der Waals surface area (Å²) < 4.78 is 0. The third kappa shape index (κ3) is 6.54. The van der Waals surface area contributed by atoms with Gasteiger partial charge in [-0.1, -0.05) is 48.6 Å². The third-order valence-electron chi connectivity index (χ3n) is 4.55. The molecule has 0 heterocycles. The van der Waals surface area contributed by atoms with Crippen LogP contribution in [0.25, 0.3) is 0 Å². The van der Waals surface area contributed by atoms with E-state index in [-0.39, 0.29) is 23.9 Å². The largest absolute Gasteiger partial charge is 0.347 e. The molecule has 146 valence electrons. The average molecular weight is 377 g/mol. The van der Waals surface area contributed by atoms with Crippen LogP contribution < -0.4 is 10.6 Å². The Bertz CT molecular complexity index is 704. The Morgan fingerprint density at radius 1 is 0.714 bits per heavy atom. The standard InChI is InChI=1S/C24H28N2O2/c1-3-5-17-21(25-23(27)19-13-9-7-10-14-19)22(18-6-4-2)26-24(28)20-15-11-8-12-16-20/h3-4,7-16,21-22H,1-2,5-6,17-18H2,(H,25,27)(H,26,28)/t21-,22-/m0/s1. The Morgan fingerprint density at radius 3 is 1.39 bits per heavy atom. The van der Waals surface area contributed by atoms with Crippen LogP contribution in [-0.2, 0) is 0 Å². The molecule has 0 spiro atoms. The molecular formula is C24H28N2O2. The zero-order chi connectivity index (χ0) is 20.2. The van der Waals surface area contributed by atoms with Crippen LogP contribution in [0.5, 0.6) is 0 Å². The summed E-state index contributed by atoms with van der Waals surface area (Å²) in [7, 11) is 0. The van der Waals surface area contributed by atoms with Gasteiger partial charge in [-0.25, -0.2) is 0 Å². The van der Waals surface area contributed by atoms with Gasteiger partial charge in [0.05, 0.1) is 0 Å². The molecular weight excluding hydrogens is 348 g/mol. The summed E-state index contributed by atoms with van der Waals surface area (Å²) >= 11 is 0. The zero-order valence-electron chi connectivity index (χ0n) is 16.1. The first-order valence-corrected chi connectivity index (χ1v) is 9.59. The molecule has 0 aliphatic heterocycles. The Labute approximate surface area is 167 Å². The second-order valence-corrected chi connectivity index (χ2v) is 6.62. The average Bonchev–Trinajstić information content (AvgIpc) is 2.75. The van der Waals surface area contributed by atoms with E-state index in [0.717, 1.165) is 12.8 Å². The first-order chi connectivity index (χ1) is 13.7. The van der Waals surface area contributed by atoms with Gasteiger partial charge < -0.3 is 10.6 Å². The van der Waals surface area contributed by atoms with Crippen molar-refractivity contribution in [2.24, 2.45) is 0 Å². The van der Waals surface area contributed by atoms with Gasteiger partial charge in [0, 0.05) is 23.2 Å². The number of hydrogen-bond donors (Lipinski definition) is 2. The minimum absolute atomic E-state index is 0.146. The van der Waals surface area contributed by atoms with Gasteiger partial charge in [0.2, 0.25) is 0 Å². The summed E-state index contributed by atoms with van der Waals surface area (Å²) in [5.41, 5.74) is 1.20. The van der Waals surface area contributed by atoms with Crippen LogP contribution in [0, 0.1) is 0 Å². The Morgan fingerprint density at radius 2 is 1.07 bits per heavy atom. The molecule has 2 rings (SSSR count). The van der Waals surface area contributed by atoms with Gasteiger partial charge >= 0.3 is 0 Å². The zero-order valence-corrected chi connectivity index (χ0v) is 16.1. The van der Waals surface area contributed by atoms with Crippen LogP contribution >= 0.6 is 0 Å². The van der Waals surface area contributed by atoms with Crippen molar-refractivity contribution in [3.05, 3.63) is 97.1 Å². The number of benzene rings is 2. The van der Waals surface area contributed by atoms with Crippen LogP contribution in [0.4, 0.5) is 0 Å². The van der Waals surface area contributed by atoms with Crippen LogP contribution in [0.3, 0.4) is 0 Å². The lowest BCUT2D eigenvalue weighted by Crippen LogP contribution is -2.51. The van der Waals surface area contributed by atoms with E-state index in [1.54, 1.807) is 24.3 Å². The van der Waals surface area contributed by atoms with E-state index in [1.165, 1.54) is 0 Å². The smallest absolute Gasteiger partial charge is 0.251 e. The molecule has 0 saturated heterocycles. The Hall–Kier alpha value is -3.14. The summed E-state index contributed by atoms with van der Waals surface area (Å²) in [4.78, 5) is 25.4. The lowest BCUT2D eigenvalue weighted by Gasteiger charge is -2.29. The molecule has 0 radical (unpaired) electrons. The molecule has 0 aliphatic rings. The SMILES string of the molecule is C=CCC[C@H](NC(=O)c1ccccc1)[C@H](CCC=C)NC(=O)c1ccccc1. The van der Waals surface area contributed by atoms with E-state index in [2.05, 4.69) is 23.8 Å². The van der Waals surface area contributed by atoms with Crippen molar-refractivity contribution in [1.82, 2.24) is 10.6 Å². The predicted molar refractivity (Wildman–Crippen MR) is 114 cm³/mol. The summed E-state index contributed by atoms with van der Waals surface area (Å²) in [6, 6.07) is 17.8. The predicted octanol–water partition coefficient (Wildman–Crippen LogP) is 4.52. The van der Waals surface area contributed by atoms with Crippen molar-refractivity contribution in [3.8, 4) is 0 Å². The molecule has 2 aromatic carbocycles.